The quantitative estimate of drug-likeness (QED) is 0.839. The normalized spacial score (nSPS) is 20.8. The lowest BCUT2D eigenvalue weighted by Gasteiger charge is -2.29. The van der Waals surface area contributed by atoms with Crippen LogP contribution in [0.2, 0.25) is 0 Å². The van der Waals surface area contributed by atoms with Gasteiger partial charge in [-0.1, -0.05) is 0 Å². The van der Waals surface area contributed by atoms with E-state index in [4.69, 9.17) is 0 Å². The van der Waals surface area contributed by atoms with Crippen LogP contribution in [0.3, 0.4) is 0 Å². The van der Waals surface area contributed by atoms with Crippen molar-refractivity contribution >= 4 is 15.8 Å². The molecule has 7 heteroatoms. The van der Waals surface area contributed by atoms with Gasteiger partial charge in [0.05, 0.1) is 4.90 Å². The highest BCUT2D eigenvalue weighted by Gasteiger charge is 2.21. The molecule has 1 aliphatic rings. The number of nitrogens with one attached hydrogen (secondary N) is 2. The molecule has 1 unspecified atom stereocenters. The Hall–Kier alpha value is -1.18. The second-order valence-electron chi connectivity index (χ2n) is 5.25. The molecule has 0 saturated carbocycles. The van der Waals surface area contributed by atoms with Gasteiger partial charge >= 0.3 is 0 Å². The summed E-state index contributed by atoms with van der Waals surface area (Å²) < 4.78 is 27.2. The number of hydrogen-bond donors (Lipinski definition) is 2. The average molecular weight is 298 g/mol. The lowest BCUT2D eigenvalue weighted by Crippen LogP contribution is -2.39. The summed E-state index contributed by atoms with van der Waals surface area (Å²) >= 11 is 0. The molecule has 1 aromatic heterocycles. The van der Waals surface area contributed by atoms with E-state index < -0.39 is 10.0 Å². The van der Waals surface area contributed by atoms with Crippen molar-refractivity contribution in [3.05, 3.63) is 18.3 Å². The predicted octanol–water partition coefficient (Wildman–Crippen LogP) is 0.743. The summed E-state index contributed by atoms with van der Waals surface area (Å²) in [5, 5.41) is 2.84. The lowest BCUT2D eigenvalue weighted by molar-refractivity contribution is 0.211. The Morgan fingerprint density at radius 2 is 2.30 bits per heavy atom. The van der Waals surface area contributed by atoms with E-state index in [1.54, 1.807) is 7.05 Å². The summed E-state index contributed by atoms with van der Waals surface area (Å²) in [5.41, 5.74) is 0. The Labute approximate surface area is 120 Å². The van der Waals surface area contributed by atoms with Crippen molar-refractivity contribution in [1.82, 2.24) is 14.6 Å². The van der Waals surface area contributed by atoms with Crippen molar-refractivity contribution in [2.24, 2.45) is 5.92 Å². The van der Waals surface area contributed by atoms with E-state index in [-0.39, 0.29) is 4.90 Å². The maximum atomic E-state index is 12.2. The predicted molar refractivity (Wildman–Crippen MR) is 79.2 cm³/mol. The molecule has 1 saturated heterocycles. The van der Waals surface area contributed by atoms with Gasteiger partial charge in [0.15, 0.2) is 0 Å². The number of sulfonamides is 1. The van der Waals surface area contributed by atoms with Crippen LogP contribution in [-0.4, -0.2) is 52.0 Å². The van der Waals surface area contributed by atoms with Crippen LogP contribution >= 0.6 is 0 Å². The van der Waals surface area contributed by atoms with E-state index in [1.807, 2.05) is 0 Å². The maximum Gasteiger partial charge on any atom is 0.240 e. The minimum absolute atomic E-state index is 0.251. The molecule has 6 nitrogen and oxygen atoms in total. The molecule has 0 aromatic carbocycles. The van der Waals surface area contributed by atoms with Crippen LogP contribution in [0.15, 0.2) is 23.2 Å². The molecule has 0 bridgehead atoms. The SMILES string of the molecule is CNc1cc(S(=O)(=O)NCC2CCCN(C)C2)ccn1. The van der Waals surface area contributed by atoms with Crippen molar-refractivity contribution < 1.29 is 8.42 Å². The molecule has 1 fully saturated rings. The molecule has 0 aliphatic carbocycles. The zero-order valence-corrected chi connectivity index (χ0v) is 12.8. The highest BCUT2D eigenvalue weighted by Crippen LogP contribution is 2.16. The molecule has 0 radical (unpaired) electrons. The van der Waals surface area contributed by atoms with Gasteiger partial charge in [0.25, 0.3) is 0 Å². The van der Waals surface area contributed by atoms with Crippen molar-refractivity contribution in [2.45, 2.75) is 17.7 Å². The van der Waals surface area contributed by atoms with Gasteiger partial charge in [-0.2, -0.15) is 0 Å². The van der Waals surface area contributed by atoms with Crippen molar-refractivity contribution in [2.75, 3.05) is 39.0 Å². The van der Waals surface area contributed by atoms with Crippen molar-refractivity contribution in [1.29, 1.82) is 0 Å². The van der Waals surface area contributed by atoms with Gasteiger partial charge in [-0.05, 0) is 38.4 Å². The fourth-order valence-electron chi connectivity index (χ4n) is 2.47. The van der Waals surface area contributed by atoms with Gasteiger partial charge in [-0.3, -0.25) is 0 Å². The number of anilines is 1. The van der Waals surface area contributed by atoms with Crippen LogP contribution < -0.4 is 10.0 Å². The zero-order valence-electron chi connectivity index (χ0n) is 12.0. The van der Waals surface area contributed by atoms with Gasteiger partial charge in [0.1, 0.15) is 5.82 Å². The van der Waals surface area contributed by atoms with Gasteiger partial charge in [0, 0.05) is 32.4 Å². The van der Waals surface area contributed by atoms with Gasteiger partial charge in [-0.15, -0.1) is 0 Å². The average Bonchev–Trinajstić information content (AvgIpc) is 2.45. The molecule has 2 N–H and O–H groups in total. The monoisotopic (exact) mass is 298 g/mol. The number of pyridine rings is 1. The standard InChI is InChI=1S/C13H22N4O2S/c1-14-13-8-12(5-6-15-13)20(18,19)16-9-11-4-3-7-17(2)10-11/h5-6,8,11,16H,3-4,7,9-10H2,1-2H3,(H,14,15). The maximum absolute atomic E-state index is 12.2. The van der Waals surface area contributed by atoms with Crippen LogP contribution in [0.1, 0.15) is 12.8 Å². The Kier molecular flexibility index (Phi) is 4.95. The summed E-state index contributed by atoms with van der Waals surface area (Å²) in [7, 11) is 0.326. The Morgan fingerprint density at radius 1 is 1.50 bits per heavy atom. The number of aromatic nitrogens is 1. The Bertz CT molecular complexity index is 547. The lowest BCUT2D eigenvalue weighted by atomic mass is 9.99. The number of hydrogen-bond acceptors (Lipinski definition) is 5. The summed E-state index contributed by atoms with van der Waals surface area (Å²) in [6.45, 7) is 2.53. The molecule has 1 aromatic rings. The largest absolute Gasteiger partial charge is 0.373 e. The molecule has 112 valence electrons. The highest BCUT2D eigenvalue weighted by atomic mass is 32.2. The molecular formula is C13H22N4O2S. The first-order chi connectivity index (χ1) is 9.51. The first-order valence-corrected chi connectivity index (χ1v) is 8.31. The fourth-order valence-corrected chi connectivity index (χ4v) is 3.59. The summed E-state index contributed by atoms with van der Waals surface area (Å²) in [4.78, 5) is 6.52. The first-order valence-electron chi connectivity index (χ1n) is 6.83. The number of rotatable bonds is 5. The first kappa shape index (κ1) is 15.2. The molecular weight excluding hydrogens is 276 g/mol. The third kappa shape index (κ3) is 3.91. The van der Waals surface area contributed by atoms with E-state index in [0.717, 1.165) is 25.9 Å². The Morgan fingerprint density at radius 3 is 3.00 bits per heavy atom. The molecule has 2 heterocycles. The molecule has 1 atom stereocenters. The third-order valence-corrected chi connectivity index (χ3v) is 5.00. The van der Waals surface area contributed by atoms with Crippen LogP contribution in [-0.2, 0) is 10.0 Å². The van der Waals surface area contributed by atoms with Crippen molar-refractivity contribution in [3.63, 3.8) is 0 Å². The van der Waals surface area contributed by atoms with Gasteiger partial charge in [-0.25, -0.2) is 18.1 Å². The fraction of sp³-hybridized carbons (Fsp3) is 0.615. The van der Waals surface area contributed by atoms with Gasteiger partial charge < -0.3 is 10.2 Å². The molecule has 0 spiro atoms. The topological polar surface area (TPSA) is 74.3 Å². The molecule has 2 rings (SSSR count). The number of piperidine rings is 1. The highest BCUT2D eigenvalue weighted by molar-refractivity contribution is 7.89. The van der Waals surface area contributed by atoms with E-state index in [0.29, 0.717) is 18.3 Å². The second-order valence-corrected chi connectivity index (χ2v) is 7.02. The molecule has 20 heavy (non-hydrogen) atoms. The minimum Gasteiger partial charge on any atom is -0.373 e. The van der Waals surface area contributed by atoms with Crippen LogP contribution in [0.5, 0.6) is 0 Å². The number of likely N-dealkylation sites (tertiary alicyclic amines) is 1. The van der Waals surface area contributed by atoms with E-state index >= 15 is 0 Å². The van der Waals surface area contributed by atoms with Crippen molar-refractivity contribution in [3.8, 4) is 0 Å². The zero-order chi connectivity index (χ0) is 14.6. The Balaban J connectivity index is 1.99. The molecule has 1 aliphatic heterocycles. The van der Waals surface area contributed by atoms with Crippen LogP contribution in [0, 0.1) is 5.92 Å². The van der Waals surface area contributed by atoms with E-state index in [9.17, 15) is 8.42 Å². The number of nitrogens with zero attached hydrogens (tertiary/aromatic N) is 2. The molecule has 0 amide bonds. The van der Waals surface area contributed by atoms with Gasteiger partial charge in [0.2, 0.25) is 10.0 Å². The smallest absolute Gasteiger partial charge is 0.240 e. The van der Waals surface area contributed by atoms with Crippen LogP contribution in [0.25, 0.3) is 0 Å². The minimum atomic E-state index is -3.46. The summed E-state index contributed by atoms with van der Waals surface area (Å²) in [5.74, 6) is 0.930. The second kappa shape index (κ2) is 6.51. The van der Waals surface area contributed by atoms with E-state index in [2.05, 4.69) is 27.0 Å². The third-order valence-electron chi connectivity index (χ3n) is 3.58. The summed E-state index contributed by atoms with van der Waals surface area (Å²) in [6, 6.07) is 3.05. The van der Waals surface area contributed by atoms with E-state index in [1.165, 1.54) is 18.3 Å². The van der Waals surface area contributed by atoms with Crippen LogP contribution in [0.4, 0.5) is 5.82 Å². The summed E-state index contributed by atoms with van der Waals surface area (Å²) in [6.07, 6.45) is 3.70.